The van der Waals surface area contributed by atoms with Gasteiger partial charge in [-0.3, -0.25) is 4.79 Å². The number of rotatable bonds is 4. The predicted molar refractivity (Wildman–Crippen MR) is 70.4 cm³/mol. The highest BCUT2D eigenvalue weighted by Crippen LogP contribution is 2.30. The third kappa shape index (κ3) is 2.97. The summed E-state index contributed by atoms with van der Waals surface area (Å²) >= 11 is 0. The van der Waals surface area contributed by atoms with Crippen molar-refractivity contribution in [2.75, 3.05) is 18.9 Å². The third-order valence-electron chi connectivity index (χ3n) is 3.72. The highest BCUT2D eigenvalue weighted by molar-refractivity contribution is 5.92. The smallest absolute Gasteiger partial charge is 0.271 e. The molecule has 1 saturated carbocycles. The van der Waals surface area contributed by atoms with Crippen molar-refractivity contribution in [3.05, 3.63) is 17.8 Å². The fraction of sp³-hybridized carbons (Fsp3) is 0.615. The van der Waals surface area contributed by atoms with E-state index in [0.29, 0.717) is 23.3 Å². The molecule has 0 aromatic carbocycles. The van der Waals surface area contributed by atoms with Crippen molar-refractivity contribution in [3.63, 3.8) is 0 Å². The molecule has 1 heterocycles. The summed E-state index contributed by atoms with van der Waals surface area (Å²) in [6.07, 6.45) is 3.77. The first-order valence-electron chi connectivity index (χ1n) is 6.50. The van der Waals surface area contributed by atoms with Gasteiger partial charge < -0.3 is 10.6 Å². The van der Waals surface area contributed by atoms with Crippen molar-refractivity contribution in [1.82, 2.24) is 15.5 Å². The molecule has 5 heteroatoms. The Hall–Kier alpha value is -1.65. The van der Waals surface area contributed by atoms with Crippen molar-refractivity contribution in [3.8, 4) is 0 Å². The van der Waals surface area contributed by atoms with E-state index in [-0.39, 0.29) is 5.91 Å². The lowest BCUT2D eigenvalue weighted by Gasteiger charge is -2.15. The lowest BCUT2D eigenvalue weighted by atomic mass is 9.98. The van der Waals surface area contributed by atoms with E-state index in [0.717, 1.165) is 6.54 Å². The van der Waals surface area contributed by atoms with E-state index in [1.807, 2.05) is 0 Å². The predicted octanol–water partition coefficient (Wildman–Crippen LogP) is 1.68. The Balaban J connectivity index is 1.87. The number of aromatic nitrogens is 2. The molecule has 0 saturated heterocycles. The van der Waals surface area contributed by atoms with Gasteiger partial charge in [-0.25, -0.2) is 0 Å². The summed E-state index contributed by atoms with van der Waals surface area (Å²) in [6.45, 7) is 3.00. The van der Waals surface area contributed by atoms with Gasteiger partial charge in [0.2, 0.25) is 0 Å². The topological polar surface area (TPSA) is 66.9 Å². The van der Waals surface area contributed by atoms with Crippen LogP contribution in [-0.2, 0) is 0 Å². The zero-order valence-corrected chi connectivity index (χ0v) is 10.9. The fourth-order valence-corrected chi connectivity index (χ4v) is 2.43. The Bertz CT molecular complexity index is 404. The number of nitrogens with one attached hydrogen (secondary N) is 2. The molecule has 1 aliphatic rings. The molecule has 0 spiro atoms. The van der Waals surface area contributed by atoms with Gasteiger partial charge in [0, 0.05) is 13.6 Å². The molecule has 0 aliphatic heterocycles. The number of hydrogen-bond acceptors (Lipinski definition) is 4. The molecule has 1 amide bonds. The molecule has 0 bridgehead atoms. The van der Waals surface area contributed by atoms with Crippen LogP contribution < -0.4 is 10.6 Å². The zero-order valence-electron chi connectivity index (χ0n) is 10.9. The van der Waals surface area contributed by atoms with E-state index in [1.165, 1.54) is 19.3 Å². The van der Waals surface area contributed by atoms with Gasteiger partial charge in [-0.15, -0.1) is 10.2 Å². The minimum absolute atomic E-state index is 0.135. The summed E-state index contributed by atoms with van der Waals surface area (Å²) in [5.41, 5.74) is 0.375. The van der Waals surface area contributed by atoms with Crippen molar-refractivity contribution >= 4 is 11.7 Å². The van der Waals surface area contributed by atoms with Crippen molar-refractivity contribution in [1.29, 1.82) is 0 Å². The van der Waals surface area contributed by atoms with E-state index in [9.17, 15) is 4.79 Å². The maximum atomic E-state index is 11.9. The van der Waals surface area contributed by atoms with Gasteiger partial charge >= 0.3 is 0 Å². The van der Waals surface area contributed by atoms with Crippen LogP contribution in [0.2, 0.25) is 0 Å². The largest absolute Gasteiger partial charge is 0.372 e. The molecular formula is C13H20N4O. The molecule has 0 radical (unpaired) electrons. The van der Waals surface area contributed by atoms with Gasteiger partial charge in [0.1, 0.15) is 5.82 Å². The molecule has 1 aromatic heterocycles. The Labute approximate surface area is 107 Å². The maximum Gasteiger partial charge on any atom is 0.271 e. The second kappa shape index (κ2) is 5.80. The number of amides is 1. The average Bonchev–Trinajstić information content (AvgIpc) is 2.81. The van der Waals surface area contributed by atoms with E-state index in [2.05, 4.69) is 27.8 Å². The van der Waals surface area contributed by atoms with Gasteiger partial charge in [-0.2, -0.15) is 0 Å². The van der Waals surface area contributed by atoms with E-state index < -0.39 is 0 Å². The van der Waals surface area contributed by atoms with Crippen LogP contribution in [0.3, 0.4) is 0 Å². The quantitative estimate of drug-likeness (QED) is 0.851. The SMILES string of the molecule is CNc1ccc(C(=O)NCC2CCCC2C)nn1. The Morgan fingerprint density at radius 2 is 2.22 bits per heavy atom. The molecule has 2 atom stereocenters. The number of carbonyl (C=O) groups excluding carboxylic acids is 1. The Morgan fingerprint density at radius 1 is 1.39 bits per heavy atom. The third-order valence-corrected chi connectivity index (χ3v) is 3.72. The normalized spacial score (nSPS) is 22.8. The van der Waals surface area contributed by atoms with Crippen molar-refractivity contribution in [2.45, 2.75) is 26.2 Å². The van der Waals surface area contributed by atoms with Gasteiger partial charge in [-0.1, -0.05) is 19.8 Å². The summed E-state index contributed by atoms with van der Waals surface area (Å²) in [5, 5.41) is 13.6. The van der Waals surface area contributed by atoms with Crippen LogP contribution in [0.15, 0.2) is 12.1 Å². The molecule has 18 heavy (non-hydrogen) atoms. The number of anilines is 1. The van der Waals surface area contributed by atoms with Crippen LogP contribution in [0.4, 0.5) is 5.82 Å². The Morgan fingerprint density at radius 3 is 2.78 bits per heavy atom. The van der Waals surface area contributed by atoms with Crippen LogP contribution >= 0.6 is 0 Å². The minimum Gasteiger partial charge on any atom is -0.372 e. The molecule has 98 valence electrons. The van der Waals surface area contributed by atoms with Gasteiger partial charge in [0.05, 0.1) is 0 Å². The first-order chi connectivity index (χ1) is 8.70. The van der Waals surface area contributed by atoms with E-state index in [4.69, 9.17) is 0 Å². The number of carbonyl (C=O) groups is 1. The van der Waals surface area contributed by atoms with Crippen molar-refractivity contribution < 1.29 is 4.79 Å². The molecule has 5 nitrogen and oxygen atoms in total. The fourth-order valence-electron chi connectivity index (χ4n) is 2.43. The highest BCUT2D eigenvalue weighted by Gasteiger charge is 2.23. The maximum absolute atomic E-state index is 11.9. The molecular weight excluding hydrogens is 228 g/mol. The summed E-state index contributed by atoms with van der Waals surface area (Å²) in [7, 11) is 1.77. The summed E-state index contributed by atoms with van der Waals surface area (Å²) < 4.78 is 0. The lowest BCUT2D eigenvalue weighted by molar-refractivity contribution is 0.0938. The molecule has 2 rings (SSSR count). The summed E-state index contributed by atoms with van der Waals surface area (Å²) in [5.74, 6) is 1.85. The Kier molecular flexibility index (Phi) is 4.12. The minimum atomic E-state index is -0.135. The van der Waals surface area contributed by atoms with Crippen LogP contribution in [0.5, 0.6) is 0 Å². The summed E-state index contributed by atoms with van der Waals surface area (Å²) in [4.78, 5) is 11.9. The second-order valence-electron chi connectivity index (χ2n) is 4.93. The average molecular weight is 248 g/mol. The van der Waals surface area contributed by atoms with Crippen molar-refractivity contribution in [2.24, 2.45) is 11.8 Å². The first kappa shape index (κ1) is 12.8. The highest BCUT2D eigenvalue weighted by atomic mass is 16.1. The number of nitrogens with zero attached hydrogens (tertiary/aromatic N) is 2. The van der Waals surface area contributed by atoms with Gasteiger partial charge in [-0.05, 0) is 30.4 Å². The van der Waals surface area contributed by atoms with Gasteiger partial charge in [0.25, 0.3) is 5.91 Å². The molecule has 2 N–H and O–H groups in total. The molecule has 1 fully saturated rings. The lowest BCUT2D eigenvalue weighted by Crippen LogP contribution is -2.31. The van der Waals surface area contributed by atoms with Crippen LogP contribution in [0.25, 0.3) is 0 Å². The zero-order chi connectivity index (χ0) is 13.0. The van der Waals surface area contributed by atoms with Crippen LogP contribution in [-0.4, -0.2) is 29.7 Å². The van der Waals surface area contributed by atoms with E-state index >= 15 is 0 Å². The molecule has 2 unspecified atom stereocenters. The molecule has 1 aliphatic carbocycles. The van der Waals surface area contributed by atoms with E-state index in [1.54, 1.807) is 19.2 Å². The monoisotopic (exact) mass is 248 g/mol. The van der Waals surface area contributed by atoms with Gasteiger partial charge in [0.15, 0.2) is 5.69 Å². The standard InChI is InChI=1S/C13H20N4O/c1-9-4-3-5-10(9)8-15-13(18)11-6-7-12(14-2)17-16-11/h6-7,9-10H,3-5,8H2,1-2H3,(H,14,17)(H,15,18). The first-order valence-corrected chi connectivity index (χ1v) is 6.50. The summed E-state index contributed by atoms with van der Waals surface area (Å²) in [6, 6.07) is 3.44. The van der Waals surface area contributed by atoms with Crippen LogP contribution in [0.1, 0.15) is 36.7 Å². The molecule has 1 aromatic rings. The second-order valence-corrected chi connectivity index (χ2v) is 4.93. The number of hydrogen-bond donors (Lipinski definition) is 2. The van der Waals surface area contributed by atoms with Crippen LogP contribution in [0, 0.1) is 11.8 Å².